The summed E-state index contributed by atoms with van der Waals surface area (Å²) < 4.78 is 40.1. The first-order chi connectivity index (χ1) is 9.86. The number of carbonyl (C=O) groups is 1. The van der Waals surface area contributed by atoms with Crippen LogP contribution in [0.3, 0.4) is 0 Å². The van der Waals surface area contributed by atoms with Crippen LogP contribution < -0.4 is 0 Å². The van der Waals surface area contributed by atoms with Crippen molar-refractivity contribution < 1.29 is 18.0 Å². The van der Waals surface area contributed by atoms with Crippen molar-refractivity contribution in [3.05, 3.63) is 11.6 Å². The predicted molar refractivity (Wildman–Crippen MR) is 67.5 cm³/mol. The Morgan fingerprint density at radius 1 is 1.33 bits per heavy atom. The Kier molecular flexibility index (Phi) is 3.41. The highest BCUT2D eigenvalue weighted by Crippen LogP contribution is 2.38. The number of nitrogens with zero attached hydrogens (tertiary/aromatic N) is 4. The molecule has 0 N–H and O–H groups in total. The first-order valence-corrected chi connectivity index (χ1v) is 7.12. The van der Waals surface area contributed by atoms with E-state index in [9.17, 15) is 18.0 Å². The fourth-order valence-electron chi connectivity index (χ4n) is 2.75. The lowest BCUT2D eigenvalue weighted by molar-refractivity contribution is -0.182. The van der Waals surface area contributed by atoms with Gasteiger partial charge in [0.2, 0.25) is 5.91 Å². The Balaban J connectivity index is 1.71. The van der Waals surface area contributed by atoms with Gasteiger partial charge in [-0.1, -0.05) is 0 Å². The zero-order chi connectivity index (χ0) is 15.2. The van der Waals surface area contributed by atoms with E-state index in [2.05, 4.69) is 10.1 Å². The fraction of sp³-hybridized carbons (Fsp3) is 0.769. The van der Waals surface area contributed by atoms with Crippen molar-refractivity contribution in [3.8, 4) is 0 Å². The Bertz CT molecular complexity index is 550. The van der Waals surface area contributed by atoms with Crippen LogP contribution in [0.4, 0.5) is 13.2 Å². The van der Waals surface area contributed by atoms with Gasteiger partial charge in [0, 0.05) is 19.5 Å². The second kappa shape index (κ2) is 4.99. The lowest BCUT2D eigenvalue weighted by Gasteiger charge is -2.26. The van der Waals surface area contributed by atoms with Gasteiger partial charge in [-0.25, -0.2) is 4.98 Å². The Labute approximate surface area is 120 Å². The summed E-state index contributed by atoms with van der Waals surface area (Å²) in [6, 6.07) is -1.65. The molecule has 116 valence electrons. The zero-order valence-corrected chi connectivity index (χ0v) is 11.7. The molecule has 1 atom stereocenters. The SMILES string of the molecule is Cn1nc(C2CC2)nc1CC(=O)N1CCC[C@H]1C(F)(F)F. The van der Waals surface area contributed by atoms with Crippen molar-refractivity contribution in [3.63, 3.8) is 0 Å². The third-order valence-corrected chi connectivity index (χ3v) is 4.07. The third kappa shape index (κ3) is 2.89. The molecule has 1 aliphatic carbocycles. The first-order valence-electron chi connectivity index (χ1n) is 7.12. The van der Waals surface area contributed by atoms with Crippen LogP contribution in [0.15, 0.2) is 0 Å². The summed E-state index contributed by atoms with van der Waals surface area (Å²) in [5, 5.41) is 4.23. The molecule has 2 aliphatic rings. The van der Waals surface area contributed by atoms with E-state index >= 15 is 0 Å². The minimum absolute atomic E-state index is 0.0125. The first kappa shape index (κ1) is 14.3. The average molecular weight is 302 g/mol. The van der Waals surface area contributed by atoms with E-state index in [1.54, 1.807) is 7.05 Å². The van der Waals surface area contributed by atoms with Crippen LogP contribution in [0.1, 0.15) is 43.3 Å². The van der Waals surface area contributed by atoms with Gasteiger partial charge in [0.25, 0.3) is 0 Å². The maximum absolute atomic E-state index is 12.9. The Hall–Kier alpha value is -1.60. The molecule has 1 saturated heterocycles. The molecule has 5 nitrogen and oxygen atoms in total. The summed E-state index contributed by atoms with van der Waals surface area (Å²) in [5.41, 5.74) is 0. The van der Waals surface area contributed by atoms with Gasteiger partial charge in [0.15, 0.2) is 5.82 Å². The molecule has 0 spiro atoms. The minimum atomic E-state index is -4.36. The smallest absolute Gasteiger partial charge is 0.330 e. The number of aryl methyl sites for hydroxylation is 1. The lowest BCUT2D eigenvalue weighted by Crippen LogP contribution is -2.45. The van der Waals surface area contributed by atoms with Crippen LogP contribution in [-0.2, 0) is 18.3 Å². The number of amides is 1. The number of hydrogen-bond acceptors (Lipinski definition) is 3. The molecule has 0 bridgehead atoms. The largest absolute Gasteiger partial charge is 0.408 e. The Morgan fingerprint density at radius 3 is 2.67 bits per heavy atom. The molecule has 2 fully saturated rings. The van der Waals surface area contributed by atoms with Gasteiger partial charge in [-0.15, -0.1) is 0 Å². The maximum atomic E-state index is 12.9. The molecule has 1 aromatic rings. The highest BCUT2D eigenvalue weighted by atomic mass is 19.4. The summed E-state index contributed by atoms with van der Waals surface area (Å²) >= 11 is 0. The summed E-state index contributed by atoms with van der Waals surface area (Å²) in [4.78, 5) is 17.4. The van der Waals surface area contributed by atoms with Gasteiger partial charge in [0.1, 0.15) is 11.9 Å². The summed E-state index contributed by atoms with van der Waals surface area (Å²) in [6.07, 6.45) is -2.02. The van der Waals surface area contributed by atoms with Crippen LogP contribution in [0.5, 0.6) is 0 Å². The van der Waals surface area contributed by atoms with E-state index in [0.29, 0.717) is 24.0 Å². The van der Waals surface area contributed by atoms with Crippen LogP contribution in [0, 0.1) is 0 Å². The van der Waals surface area contributed by atoms with Crippen LogP contribution in [0.2, 0.25) is 0 Å². The van der Waals surface area contributed by atoms with Gasteiger partial charge in [-0.05, 0) is 25.7 Å². The van der Waals surface area contributed by atoms with Gasteiger partial charge in [0.05, 0.1) is 6.42 Å². The van der Waals surface area contributed by atoms with E-state index < -0.39 is 18.1 Å². The van der Waals surface area contributed by atoms with Crippen molar-refractivity contribution in [1.29, 1.82) is 0 Å². The molecule has 1 aromatic heterocycles. The normalized spacial score (nSPS) is 22.9. The molecule has 0 radical (unpaired) electrons. The molecule has 0 aromatic carbocycles. The predicted octanol–water partition coefficient (Wildman–Crippen LogP) is 1.79. The highest BCUT2D eigenvalue weighted by molar-refractivity contribution is 5.78. The number of alkyl halides is 3. The molecule has 1 amide bonds. The van der Waals surface area contributed by atoms with Gasteiger partial charge in [-0.2, -0.15) is 18.3 Å². The van der Waals surface area contributed by atoms with Crippen molar-refractivity contribution >= 4 is 5.91 Å². The number of rotatable bonds is 3. The second-order valence-corrected chi connectivity index (χ2v) is 5.75. The topological polar surface area (TPSA) is 51.0 Å². The van der Waals surface area contributed by atoms with E-state index in [-0.39, 0.29) is 19.4 Å². The monoisotopic (exact) mass is 302 g/mol. The van der Waals surface area contributed by atoms with Crippen molar-refractivity contribution in [2.75, 3.05) is 6.54 Å². The molecule has 21 heavy (non-hydrogen) atoms. The molecule has 0 unspecified atom stereocenters. The molecule has 1 saturated carbocycles. The van der Waals surface area contributed by atoms with E-state index in [4.69, 9.17) is 0 Å². The molecule has 8 heteroatoms. The maximum Gasteiger partial charge on any atom is 0.408 e. The fourth-order valence-corrected chi connectivity index (χ4v) is 2.75. The standard InChI is InChI=1S/C13H17F3N4O/c1-19-10(17-12(18-19)8-4-5-8)7-11(21)20-6-2-3-9(20)13(14,15)16/h8-9H,2-7H2,1H3/t9-/m0/s1. The van der Waals surface area contributed by atoms with Crippen molar-refractivity contribution in [2.24, 2.45) is 7.05 Å². The summed E-state index contributed by atoms with van der Waals surface area (Å²) in [6.45, 7) is 0.163. The zero-order valence-electron chi connectivity index (χ0n) is 11.7. The van der Waals surface area contributed by atoms with Gasteiger partial charge in [-0.3, -0.25) is 9.48 Å². The lowest BCUT2D eigenvalue weighted by atomic mass is 10.2. The van der Waals surface area contributed by atoms with Gasteiger partial charge >= 0.3 is 6.18 Å². The average Bonchev–Trinajstić information content (AvgIpc) is 2.98. The number of halogens is 3. The Morgan fingerprint density at radius 2 is 2.05 bits per heavy atom. The molecule has 1 aliphatic heterocycles. The second-order valence-electron chi connectivity index (χ2n) is 5.75. The number of likely N-dealkylation sites (tertiary alicyclic amines) is 1. The number of aromatic nitrogens is 3. The van der Waals surface area contributed by atoms with E-state index in [1.165, 1.54) is 4.68 Å². The number of carbonyl (C=O) groups excluding carboxylic acids is 1. The number of hydrogen-bond donors (Lipinski definition) is 0. The molecule has 3 rings (SSSR count). The third-order valence-electron chi connectivity index (χ3n) is 4.07. The molecule has 2 heterocycles. The van der Waals surface area contributed by atoms with Crippen LogP contribution >= 0.6 is 0 Å². The highest BCUT2D eigenvalue weighted by Gasteiger charge is 2.47. The van der Waals surface area contributed by atoms with E-state index in [0.717, 1.165) is 17.7 Å². The summed E-state index contributed by atoms with van der Waals surface area (Å²) in [7, 11) is 1.67. The quantitative estimate of drug-likeness (QED) is 0.855. The van der Waals surface area contributed by atoms with Crippen molar-refractivity contribution in [1.82, 2.24) is 19.7 Å². The van der Waals surface area contributed by atoms with E-state index in [1.807, 2.05) is 0 Å². The van der Waals surface area contributed by atoms with Gasteiger partial charge < -0.3 is 4.90 Å². The summed E-state index contributed by atoms with van der Waals surface area (Å²) in [5.74, 6) is 0.978. The van der Waals surface area contributed by atoms with Crippen LogP contribution in [0.25, 0.3) is 0 Å². The minimum Gasteiger partial charge on any atom is -0.330 e. The van der Waals surface area contributed by atoms with Crippen molar-refractivity contribution in [2.45, 2.75) is 50.2 Å². The molecular weight excluding hydrogens is 285 g/mol. The van der Waals surface area contributed by atoms with Crippen LogP contribution in [-0.4, -0.2) is 44.3 Å². The molecular formula is C13H17F3N4O.